The number of rotatable bonds is 2. The number of pyridine rings is 1. The van der Waals surface area contributed by atoms with Gasteiger partial charge in [-0.25, -0.2) is 14.2 Å². The lowest BCUT2D eigenvalue weighted by Crippen LogP contribution is -2.25. The molecule has 1 N–H and O–H groups in total. The van der Waals surface area contributed by atoms with E-state index in [4.69, 9.17) is 5.11 Å². The van der Waals surface area contributed by atoms with Crippen molar-refractivity contribution in [3.05, 3.63) is 57.1 Å². The summed E-state index contributed by atoms with van der Waals surface area (Å²) in [6.45, 7) is 1.77. The summed E-state index contributed by atoms with van der Waals surface area (Å²) in [5.74, 6) is -1.75. The number of aromatic carboxylic acids is 1. The van der Waals surface area contributed by atoms with Crippen molar-refractivity contribution in [2.45, 2.75) is 6.92 Å². The minimum atomic E-state index is -1.32. The summed E-state index contributed by atoms with van der Waals surface area (Å²) in [5, 5.41) is 9.86. The molecule has 0 radical (unpaired) electrons. The number of fused-ring (bicyclic) bond motifs is 1. The highest BCUT2D eigenvalue weighted by Gasteiger charge is 2.18. The molecule has 0 amide bonds. The Labute approximate surface area is 121 Å². The Kier molecular flexibility index (Phi) is 3.06. The van der Waals surface area contributed by atoms with Crippen molar-refractivity contribution in [3.63, 3.8) is 0 Å². The molecule has 0 atom stereocenters. The van der Waals surface area contributed by atoms with E-state index >= 15 is 0 Å². The topological polar surface area (TPSA) is 72.2 Å². The zero-order valence-corrected chi connectivity index (χ0v) is 11.6. The zero-order valence-electron chi connectivity index (χ0n) is 10.8. The third kappa shape index (κ3) is 2.21. The van der Waals surface area contributed by atoms with Gasteiger partial charge in [0.25, 0.3) is 5.56 Å². The van der Waals surface area contributed by atoms with Crippen LogP contribution in [0.4, 0.5) is 4.39 Å². The molecular weight excluding hydrogens is 295 g/mol. The molecule has 2 aromatic heterocycles. The first kappa shape index (κ1) is 13.4. The number of nitrogens with zero attached hydrogens (tertiary/aromatic N) is 2. The number of carboxylic acid groups (broad SMARTS) is 1. The van der Waals surface area contributed by atoms with Gasteiger partial charge in [0.2, 0.25) is 0 Å². The summed E-state index contributed by atoms with van der Waals surface area (Å²) >= 11 is 1.28. The molecule has 2 heterocycles. The molecule has 0 aliphatic heterocycles. The van der Waals surface area contributed by atoms with Gasteiger partial charge in [-0.15, -0.1) is 11.3 Å². The molecule has 3 rings (SSSR count). The summed E-state index contributed by atoms with van der Waals surface area (Å²) in [7, 11) is 0. The van der Waals surface area contributed by atoms with E-state index in [2.05, 4.69) is 4.98 Å². The number of hydrogen-bond donors (Lipinski definition) is 1. The summed E-state index contributed by atoms with van der Waals surface area (Å²) in [6.07, 6.45) is 0. The largest absolute Gasteiger partial charge is 0.477 e. The average Bonchev–Trinajstić information content (AvgIpc) is 2.79. The molecule has 21 heavy (non-hydrogen) atoms. The van der Waals surface area contributed by atoms with Crippen LogP contribution in [0.1, 0.15) is 15.4 Å². The van der Waals surface area contributed by atoms with E-state index in [0.29, 0.717) is 21.0 Å². The molecule has 0 aliphatic carbocycles. The van der Waals surface area contributed by atoms with Crippen molar-refractivity contribution in [2.75, 3.05) is 0 Å². The second-order valence-electron chi connectivity index (χ2n) is 4.40. The van der Waals surface area contributed by atoms with Gasteiger partial charge in [0.15, 0.2) is 0 Å². The highest BCUT2D eigenvalue weighted by Crippen LogP contribution is 2.24. The van der Waals surface area contributed by atoms with Crippen molar-refractivity contribution in [1.29, 1.82) is 0 Å². The van der Waals surface area contributed by atoms with Gasteiger partial charge in [-0.05, 0) is 37.3 Å². The van der Waals surface area contributed by atoms with Crippen LogP contribution in [-0.2, 0) is 0 Å². The number of aryl methyl sites for hydroxylation is 1. The Morgan fingerprint density at radius 2 is 2.00 bits per heavy atom. The molecule has 0 saturated carbocycles. The zero-order chi connectivity index (χ0) is 15.1. The lowest BCUT2D eigenvalue weighted by Gasteiger charge is -2.08. The van der Waals surface area contributed by atoms with Gasteiger partial charge in [0, 0.05) is 0 Å². The minimum Gasteiger partial charge on any atom is -0.477 e. The maximum absolute atomic E-state index is 13.0. The summed E-state index contributed by atoms with van der Waals surface area (Å²) in [6, 6.07) is 6.56. The van der Waals surface area contributed by atoms with Gasteiger partial charge in [-0.3, -0.25) is 9.36 Å². The van der Waals surface area contributed by atoms with Gasteiger partial charge in [0.1, 0.15) is 16.2 Å². The van der Waals surface area contributed by atoms with Gasteiger partial charge in [-0.1, -0.05) is 0 Å². The molecule has 0 saturated heterocycles. The molecule has 5 nitrogen and oxygen atoms in total. The average molecular weight is 304 g/mol. The fourth-order valence-corrected chi connectivity index (χ4v) is 2.99. The second-order valence-corrected chi connectivity index (χ2v) is 5.59. The van der Waals surface area contributed by atoms with Crippen LogP contribution >= 0.6 is 11.3 Å². The predicted molar refractivity (Wildman–Crippen MR) is 76.9 cm³/mol. The molecule has 106 valence electrons. The number of carbonyl (C=O) groups is 1. The van der Waals surface area contributed by atoms with Crippen LogP contribution in [0, 0.1) is 12.7 Å². The van der Waals surface area contributed by atoms with Crippen LogP contribution in [0.2, 0.25) is 0 Å². The van der Waals surface area contributed by atoms with Crippen molar-refractivity contribution in [2.24, 2.45) is 0 Å². The number of hydrogen-bond acceptors (Lipinski definition) is 4. The normalized spacial score (nSPS) is 11.0. The van der Waals surface area contributed by atoms with E-state index in [1.807, 2.05) is 0 Å². The van der Waals surface area contributed by atoms with Crippen molar-refractivity contribution < 1.29 is 14.3 Å². The van der Waals surface area contributed by atoms with E-state index in [1.165, 1.54) is 46.2 Å². The molecule has 0 aliphatic rings. The fraction of sp³-hybridized carbons (Fsp3) is 0.0714. The van der Waals surface area contributed by atoms with E-state index < -0.39 is 17.3 Å². The third-order valence-electron chi connectivity index (χ3n) is 2.97. The number of thiazole rings is 1. The first-order chi connectivity index (χ1) is 9.97. The number of benzene rings is 1. The van der Waals surface area contributed by atoms with Crippen LogP contribution in [0.25, 0.3) is 16.0 Å². The number of halogens is 1. The molecular formula is C14H9FN2O3S. The Bertz CT molecular complexity index is 912. The summed E-state index contributed by atoms with van der Waals surface area (Å²) < 4.78 is 14.3. The smallest absolute Gasteiger partial charge is 0.341 e. The Hall–Kier alpha value is -2.54. The van der Waals surface area contributed by atoms with Gasteiger partial charge in [0.05, 0.1) is 16.2 Å². The van der Waals surface area contributed by atoms with E-state index in [1.54, 1.807) is 6.92 Å². The quantitative estimate of drug-likeness (QED) is 0.790. The number of carboxylic acids is 1. The van der Waals surface area contributed by atoms with Crippen molar-refractivity contribution in [3.8, 4) is 5.69 Å². The first-order valence-corrected chi connectivity index (χ1v) is 6.81. The van der Waals surface area contributed by atoms with Crippen LogP contribution < -0.4 is 5.56 Å². The third-order valence-corrected chi connectivity index (χ3v) is 3.95. The van der Waals surface area contributed by atoms with Gasteiger partial charge < -0.3 is 5.11 Å². The predicted octanol–water partition coefficient (Wildman–Crippen LogP) is 2.59. The van der Waals surface area contributed by atoms with Gasteiger partial charge in [-0.2, -0.15) is 0 Å². The standard InChI is InChI=1S/C14H9FN2O3S/c1-7-16-11-6-10(14(19)20)12(18)17(13(11)21-7)9-4-2-8(15)3-5-9/h2-6H,1H3,(H,19,20). The highest BCUT2D eigenvalue weighted by atomic mass is 32.1. The molecule has 7 heteroatoms. The molecule has 0 fully saturated rings. The lowest BCUT2D eigenvalue weighted by molar-refractivity contribution is 0.0695. The maximum atomic E-state index is 13.0. The Morgan fingerprint density at radius 1 is 1.33 bits per heavy atom. The maximum Gasteiger partial charge on any atom is 0.341 e. The Balaban J connectivity index is 2.43. The summed E-state index contributed by atoms with van der Waals surface area (Å²) in [4.78, 5) is 28.4. The minimum absolute atomic E-state index is 0.364. The monoisotopic (exact) mass is 304 g/mol. The highest BCUT2D eigenvalue weighted by molar-refractivity contribution is 7.18. The van der Waals surface area contributed by atoms with Crippen molar-refractivity contribution in [1.82, 2.24) is 9.55 Å². The van der Waals surface area contributed by atoms with E-state index in [0.717, 1.165) is 0 Å². The lowest BCUT2D eigenvalue weighted by atomic mass is 10.2. The van der Waals surface area contributed by atoms with Crippen LogP contribution in [-0.4, -0.2) is 20.6 Å². The van der Waals surface area contributed by atoms with Crippen molar-refractivity contribution >= 4 is 27.7 Å². The van der Waals surface area contributed by atoms with Crippen LogP contribution in [0.5, 0.6) is 0 Å². The fourth-order valence-electron chi connectivity index (χ4n) is 2.08. The SMILES string of the molecule is Cc1nc2cc(C(=O)O)c(=O)n(-c3ccc(F)cc3)c2s1. The van der Waals surface area contributed by atoms with Crippen LogP contribution in [0.15, 0.2) is 35.1 Å². The first-order valence-electron chi connectivity index (χ1n) is 6.00. The molecule has 3 aromatic rings. The van der Waals surface area contributed by atoms with E-state index in [-0.39, 0.29) is 5.56 Å². The molecule has 0 unspecified atom stereocenters. The molecule has 0 bridgehead atoms. The molecule has 0 spiro atoms. The number of aromatic nitrogens is 2. The van der Waals surface area contributed by atoms with E-state index in [9.17, 15) is 14.0 Å². The Morgan fingerprint density at radius 3 is 2.62 bits per heavy atom. The van der Waals surface area contributed by atoms with Gasteiger partial charge >= 0.3 is 5.97 Å². The van der Waals surface area contributed by atoms with Crippen LogP contribution in [0.3, 0.4) is 0 Å². The second kappa shape index (κ2) is 4.78. The summed E-state index contributed by atoms with van der Waals surface area (Å²) in [5.41, 5.74) is -0.195. The molecule has 1 aromatic carbocycles.